The van der Waals surface area contributed by atoms with Crippen LogP contribution in [0.25, 0.3) is 0 Å². The van der Waals surface area contributed by atoms with Crippen molar-refractivity contribution in [2.45, 2.75) is 25.3 Å². The van der Waals surface area contributed by atoms with Gasteiger partial charge in [-0.05, 0) is 42.5 Å². The van der Waals surface area contributed by atoms with Gasteiger partial charge in [0.15, 0.2) is 0 Å². The fourth-order valence-electron chi connectivity index (χ4n) is 4.23. The van der Waals surface area contributed by atoms with Crippen molar-refractivity contribution in [2.75, 3.05) is 37.6 Å². The van der Waals surface area contributed by atoms with Crippen molar-refractivity contribution in [1.82, 2.24) is 10.2 Å². The minimum absolute atomic E-state index is 0.104. The largest absolute Gasteiger partial charge is 0.506 e. The second-order valence-electron chi connectivity index (χ2n) is 7.46. The van der Waals surface area contributed by atoms with E-state index in [0.717, 1.165) is 51.1 Å². The van der Waals surface area contributed by atoms with Crippen LogP contribution in [-0.4, -0.2) is 48.6 Å². The lowest BCUT2D eigenvalue weighted by atomic mass is 9.88. The van der Waals surface area contributed by atoms with Crippen LogP contribution < -0.4 is 10.2 Å². The van der Waals surface area contributed by atoms with E-state index in [4.69, 9.17) is 0 Å². The number of nitrogens with one attached hydrogen (secondary N) is 1. The molecular formula is C22H27N3O2. The Bertz CT molecular complexity index is 800. The van der Waals surface area contributed by atoms with Crippen LogP contribution in [0.4, 0.5) is 5.69 Å². The van der Waals surface area contributed by atoms with Gasteiger partial charge in [0, 0.05) is 26.2 Å². The van der Waals surface area contributed by atoms with Crippen LogP contribution in [0.15, 0.2) is 48.5 Å². The number of carbonyl (C=O) groups is 1. The Balaban J connectivity index is 1.30. The molecule has 2 aromatic carbocycles. The van der Waals surface area contributed by atoms with Gasteiger partial charge in [0.2, 0.25) is 5.91 Å². The third-order valence-corrected chi connectivity index (χ3v) is 5.67. The van der Waals surface area contributed by atoms with Gasteiger partial charge in [-0.2, -0.15) is 0 Å². The van der Waals surface area contributed by atoms with Crippen LogP contribution in [0.1, 0.15) is 30.0 Å². The SMILES string of the molecule is O=C(CN1CCN(c2ccccc2O)CC1)NC1CCCc2ccccc21. The molecule has 5 nitrogen and oxygen atoms in total. The van der Waals surface area contributed by atoms with E-state index in [0.29, 0.717) is 12.3 Å². The molecule has 27 heavy (non-hydrogen) atoms. The third-order valence-electron chi connectivity index (χ3n) is 5.67. The predicted molar refractivity (Wildman–Crippen MR) is 107 cm³/mol. The first kappa shape index (κ1) is 17.9. The van der Waals surface area contributed by atoms with Gasteiger partial charge in [-0.1, -0.05) is 36.4 Å². The topological polar surface area (TPSA) is 55.8 Å². The number of phenols is 1. The first-order valence-corrected chi connectivity index (χ1v) is 9.83. The number of phenolic OH excluding ortho intramolecular Hbond substituents is 1. The number of fused-ring (bicyclic) bond motifs is 1. The Morgan fingerprint density at radius 3 is 2.59 bits per heavy atom. The van der Waals surface area contributed by atoms with E-state index in [1.165, 1.54) is 11.1 Å². The summed E-state index contributed by atoms with van der Waals surface area (Å²) in [5.41, 5.74) is 3.52. The molecule has 2 aliphatic rings. The third kappa shape index (κ3) is 4.08. The molecule has 0 spiro atoms. The molecular weight excluding hydrogens is 338 g/mol. The Morgan fingerprint density at radius 2 is 1.78 bits per heavy atom. The number of para-hydroxylation sites is 2. The van der Waals surface area contributed by atoms with Gasteiger partial charge in [-0.25, -0.2) is 0 Å². The van der Waals surface area contributed by atoms with Crippen LogP contribution in [0.5, 0.6) is 5.75 Å². The van der Waals surface area contributed by atoms with E-state index in [1.807, 2.05) is 18.2 Å². The number of aryl methyl sites for hydroxylation is 1. The number of carbonyl (C=O) groups excluding carboxylic acids is 1. The van der Waals surface area contributed by atoms with Crippen LogP contribution in [0.2, 0.25) is 0 Å². The smallest absolute Gasteiger partial charge is 0.234 e. The van der Waals surface area contributed by atoms with Gasteiger partial charge in [0.1, 0.15) is 5.75 Å². The highest BCUT2D eigenvalue weighted by Crippen LogP contribution is 2.29. The monoisotopic (exact) mass is 365 g/mol. The molecule has 5 heteroatoms. The zero-order valence-corrected chi connectivity index (χ0v) is 15.6. The highest BCUT2D eigenvalue weighted by molar-refractivity contribution is 5.78. The number of amides is 1. The zero-order chi connectivity index (χ0) is 18.6. The molecule has 0 bridgehead atoms. The maximum atomic E-state index is 12.6. The summed E-state index contributed by atoms with van der Waals surface area (Å²) in [6.07, 6.45) is 3.25. The second kappa shape index (κ2) is 8.01. The van der Waals surface area contributed by atoms with E-state index < -0.39 is 0 Å². The molecule has 4 rings (SSSR count). The lowest BCUT2D eigenvalue weighted by molar-refractivity contribution is -0.123. The molecule has 1 atom stereocenters. The lowest BCUT2D eigenvalue weighted by Gasteiger charge is -2.36. The molecule has 1 heterocycles. The van der Waals surface area contributed by atoms with Crippen molar-refractivity contribution in [3.05, 3.63) is 59.7 Å². The van der Waals surface area contributed by atoms with Crippen molar-refractivity contribution in [3.8, 4) is 5.75 Å². The van der Waals surface area contributed by atoms with Crippen molar-refractivity contribution in [1.29, 1.82) is 0 Å². The highest BCUT2D eigenvalue weighted by Gasteiger charge is 2.24. The number of benzene rings is 2. The van der Waals surface area contributed by atoms with E-state index >= 15 is 0 Å². The Morgan fingerprint density at radius 1 is 1.04 bits per heavy atom. The average Bonchev–Trinajstić information content (AvgIpc) is 2.69. The molecule has 2 aromatic rings. The van der Waals surface area contributed by atoms with Gasteiger partial charge in [-0.15, -0.1) is 0 Å². The summed E-state index contributed by atoms with van der Waals surface area (Å²) in [6, 6.07) is 16.0. The molecule has 1 unspecified atom stereocenters. The minimum Gasteiger partial charge on any atom is -0.506 e. The lowest BCUT2D eigenvalue weighted by Crippen LogP contribution is -2.50. The number of piperazine rings is 1. The first-order chi connectivity index (χ1) is 13.2. The summed E-state index contributed by atoms with van der Waals surface area (Å²) in [4.78, 5) is 17.0. The predicted octanol–water partition coefficient (Wildman–Crippen LogP) is 2.71. The van der Waals surface area contributed by atoms with Gasteiger partial charge < -0.3 is 15.3 Å². The number of rotatable bonds is 4. The summed E-state index contributed by atoms with van der Waals surface area (Å²) >= 11 is 0. The van der Waals surface area contributed by atoms with Crippen LogP contribution in [-0.2, 0) is 11.2 Å². The maximum absolute atomic E-state index is 12.6. The maximum Gasteiger partial charge on any atom is 0.234 e. The molecule has 1 amide bonds. The second-order valence-corrected chi connectivity index (χ2v) is 7.46. The zero-order valence-electron chi connectivity index (χ0n) is 15.6. The molecule has 0 aromatic heterocycles. The molecule has 142 valence electrons. The summed E-state index contributed by atoms with van der Waals surface area (Å²) in [7, 11) is 0. The van der Waals surface area contributed by atoms with Crippen molar-refractivity contribution >= 4 is 11.6 Å². The normalized spacial score (nSPS) is 20.1. The van der Waals surface area contributed by atoms with Crippen LogP contribution >= 0.6 is 0 Å². The van der Waals surface area contributed by atoms with E-state index in [9.17, 15) is 9.90 Å². The molecule has 2 N–H and O–H groups in total. The van der Waals surface area contributed by atoms with E-state index in [2.05, 4.69) is 39.4 Å². The molecule has 0 radical (unpaired) electrons. The van der Waals surface area contributed by atoms with Gasteiger partial charge in [-0.3, -0.25) is 9.69 Å². The summed E-state index contributed by atoms with van der Waals surface area (Å²) in [6.45, 7) is 3.72. The van der Waals surface area contributed by atoms with E-state index in [1.54, 1.807) is 6.07 Å². The molecule has 0 saturated carbocycles. The number of nitrogens with zero attached hydrogens (tertiary/aromatic N) is 2. The quantitative estimate of drug-likeness (QED) is 0.875. The van der Waals surface area contributed by atoms with Crippen molar-refractivity contribution in [3.63, 3.8) is 0 Å². The number of hydrogen-bond donors (Lipinski definition) is 2. The van der Waals surface area contributed by atoms with Crippen molar-refractivity contribution in [2.24, 2.45) is 0 Å². The standard InChI is InChI=1S/C22H27N3O2/c26-21-11-4-3-10-20(21)25-14-12-24(13-15-25)16-22(27)23-19-9-5-7-17-6-1-2-8-18(17)19/h1-4,6,8,10-11,19,26H,5,7,9,12-16H2,(H,23,27). The summed E-state index contributed by atoms with van der Waals surface area (Å²) < 4.78 is 0. The Labute approximate surface area is 160 Å². The fourth-order valence-corrected chi connectivity index (χ4v) is 4.23. The fraction of sp³-hybridized carbons (Fsp3) is 0.409. The Hall–Kier alpha value is -2.53. The van der Waals surface area contributed by atoms with Crippen molar-refractivity contribution < 1.29 is 9.90 Å². The molecule has 1 aliphatic heterocycles. The minimum atomic E-state index is 0.104. The van der Waals surface area contributed by atoms with Gasteiger partial charge >= 0.3 is 0 Å². The van der Waals surface area contributed by atoms with Crippen LogP contribution in [0, 0.1) is 0 Å². The molecule has 1 aliphatic carbocycles. The van der Waals surface area contributed by atoms with Crippen LogP contribution in [0.3, 0.4) is 0 Å². The van der Waals surface area contributed by atoms with Gasteiger partial charge in [0.25, 0.3) is 0 Å². The number of aromatic hydroxyl groups is 1. The molecule has 1 fully saturated rings. The first-order valence-electron chi connectivity index (χ1n) is 9.83. The Kier molecular flexibility index (Phi) is 5.30. The summed E-state index contributed by atoms with van der Waals surface area (Å²) in [5.74, 6) is 0.423. The number of hydrogen-bond acceptors (Lipinski definition) is 4. The van der Waals surface area contributed by atoms with E-state index in [-0.39, 0.29) is 11.9 Å². The molecule has 1 saturated heterocycles. The summed E-state index contributed by atoms with van der Waals surface area (Å²) in [5, 5.41) is 13.3. The van der Waals surface area contributed by atoms with Gasteiger partial charge in [0.05, 0.1) is 18.3 Å². The highest BCUT2D eigenvalue weighted by atomic mass is 16.3. The number of anilines is 1. The average molecular weight is 365 g/mol.